The molecule has 0 bridgehead atoms. The van der Waals surface area contributed by atoms with E-state index in [4.69, 9.17) is 0 Å². The zero-order valence-corrected chi connectivity index (χ0v) is 13.9. The van der Waals surface area contributed by atoms with Gasteiger partial charge in [-0.2, -0.15) is 0 Å². The lowest BCUT2D eigenvalue weighted by molar-refractivity contribution is -0.135. The number of aryl methyl sites for hydroxylation is 1. The van der Waals surface area contributed by atoms with Crippen molar-refractivity contribution in [2.75, 3.05) is 7.05 Å². The summed E-state index contributed by atoms with van der Waals surface area (Å²) in [6.45, 7) is 2.95. The van der Waals surface area contributed by atoms with Crippen LogP contribution in [0.25, 0.3) is 0 Å². The van der Waals surface area contributed by atoms with E-state index >= 15 is 0 Å². The van der Waals surface area contributed by atoms with Crippen LogP contribution in [0.3, 0.4) is 0 Å². The highest BCUT2D eigenvalue weighted by atomic mass is 16.2. The Morgan fingerprint density at radius 1 is 1.17 bits per heavy atom. The van der Waals surface area contributed by atoms with Crippen molar-refractivity contribution in [2.24, 2.45) is 0 Å². The van der Waals surface area contributed by atoms with E-state index in [9.17, 15) is 9.59 Å². The summed E-state index contributed by atoms with van der Waals surface area (Å²) in [6.07, 6.45) is 6.62. The topological polar surface area (TPSA) is 84.2 Å². The van der Waals surface area contributed by atoms with Crippen LogP contribution in [0, 0.1) is 0 Å². The number of amides is 3. The van der Waals surface area contributed by atoms with Gasteiger partial charge in [-0.15, -0.1) is 5.10 Å². The molecule has 2 heterocycles. The van der Waals surface area contributed by atoms with Crippen molar-refractivity contribution < 1.29 is 9.59 Å². The molecule has 8 heteroatoms. The quantitative estimate of drug-likeness (QED) is 0.769. The molecule has 1 aliphatic carbocycles. The average molecular weight is 320 g/mol. The van der Waals surface area contributed by atoms with Gasteiger partial charge in [-0.25, -0.2) is 9.48 Å². The maximum atomic E-state index is 12.9. The lowest BCUT2D eigenvalue weighted by Crippen LogP contribution is -2.49. The lowest BCUT2D eigenvalue weighted by Gasteiger charge is -2.35. The highest BCUT2D eigenvalue weighted by Gasteiger charge is 2.55. The molecule has 1 aromatic rings. The van der Waals surface area contributed by atoms with Gasteiger partial charge in [-0.05, 0) is 29.7 Å². The Hall–Kier alpha value is -1.99. The molecule has 0 N–H and O–H groups in total. The van der Waals surface area contributed by atoms with Gasteiger partial charge < -0.3 is 4.90 Å². The number of hydrogen-bond acceptors (Lipinski definition) is 5. The fraction of sp³-hybridized carbons (Fsp3) is 0.800. The van der Waals surface area contributed by atoms with Gasteiger partial charge in [0.15, 0.2) is 5.82 Å². The van der Waals surface area contributed by atoms with Crippen LogP contribution < -0.4 is 0 Å². The van der Waals surface area contributed by atoms with Gasteiger partial charge in [0.1, 0.15) is 5.54 Å². The highest BCUT2D eigenvalue weighted by Crippen LogP contribution is 2.39. The van der Waals surface area contributed by atoms with E-state index in [1.165, 1.54) is 4.90 Å². The minimum atomic E-state index is -0.642. The number of unbranched alkanes of at least 4 members (excludes halogenated alkanes) is 1. The van der Waals surface area contributed by atoms with Crippen LogP contribution in [0.2, 0.25) is 0 Å². The second-order valence-electron chi connectivity index (χ2n) is 6.50. The van der Waals surface area contributed by atoms with E-state index in [0.29, 0.717) is 12.4 Å². The van der Waals surface area contributed by atoms with Crippen LogP contribution in [0.1, 0.15) is 57.7 Å². The molecule has 8 nitrogen and oxygen atoms in total. The summed E-state index contributed by atoms with van der Waals surface area (Å²) >= 11 is 0. The van der Waals surface area contributed by atoms with Crippen LogP contribution in [-0.4, -0.2) is 54.5 Å². The summed E-state index contributed by atoms with van der Waals surface area (Å²) < 4.78 is 1.69. The summed E-state index contributed by atoms with van der Waals surface area (Å²) in [4.78, 5) is 28.5. The van der Waals surface area contributed by atoms with Crippen molar-refractivity contribution in [1.29, 1.82) is 0 Å². The fourth-order valence-electron chi connectivity index (χ4n) is 3.63. The zero-order chi connectivity index (χ0) is 16.4. The first-order valence-corrected chi connectivity index (χ1v) is 8.45. The van der Waals surface area contributed by atoms with Gasteiger partial charge in [-0.1, -0.05) is 32.6 Å². The Kier molecular flexibility index (Phi) is 4.32. The van der Waals surface area contributed by atoms with E-state index in [0.717, 1.165) is 44.9 Å². The van der Waals surface area contributed by atoms with E-state index in [1.807, 2.05) is 0 Å². The Morgan fingerprint density at radius 3 is 2.61 bits per heavy atom. The SMILES string of the molecule is CCCCn1nnnc1CN1C(=O)N(C)C2(CCCCC2)C1=O. The largest absolute Gasteiger partial charge is 0.327 e. The summed E-state index contributed by atoms with van der Waals surface area (Å²) in [6, 6.07) is -0.234. The number of aromatic nitrogens is 4. The molecule has 0 radical (unpaired) electrons. The number of nitrogens with zero attached hydrogens (tertiary/aromatic N) is 6. The Bertz CT molecular complexity index is 593. The Labute approximate surface area is 135 Å². The van der Waals surface area contributed by atoms with E-state index in [-0.39, 0.29) is 18.5 Å². The molecule has 1 aliphatic heterocycles. The maximum Gasteiger partial charge on any atom is 0.327 e. The first-order chi connectivity index (χ1) is 11.1. The molecule has 2 aliphatic rings. The van der Waals surface area contributed by atoms with Crippen LogP contribution >= 0.6 is 0 Å². The molecular formula is C15H24N6O2. The van der Waals surface area contributed by atoms with Gasteiger partial charge >= 0.3 is 6.03 Å². The summed E-state index contributed by atoms with van der Waals surface area (Å²) in [7, 11) is 1.74. The number of tetrazole rings is 1. The maximum absolute atomic E-state index is 12.9. The number of rotatable bonds is 5. The summed E-state index contributed by atoms with van der Waals surface area (Å²) in [5.41, 5.74) is -0.642. The van der Waals surface area contributed by atoms with Gasteiger partial charge in [0.05, 0.1) is 6.54 Å². The third kappa shape index (κ3) is 2.60. The number of hydrogen-bond donors (Lipinski definition) is 0. The van der Waals surface area contributed by atoms with Crippen molar-refractivity contribution in [2.45, 2.75) is 70.5 Å². The smallest absolute Gasteiger partial charge is 0.313 e. The van der Waals surface area contributed by atoms with Crippen LogP contribution in [-0.2, 0) is 17.9 Å². The van der Waals surface area contributed by atoms with Crippen molar-refractivity contribution in [1.82, 2.24) is 30.0 Å². The third-order valence-electron chi connectivity index (χ3n) is 5.11. The highest BCUT2D eigenvalue weighted by molar-refractivity contribution is 6.06. The molecule has 0 unspecified atom stereocenters. The zero-order valence-electron chi connectivity index (χ0n) is 13.9. The number of imide groups is 1. The van der Waals surface area contributed by atoms with Crippen LogP contribution in [0.15, 0.2) is 0 Å². The lowest BCUT2D eigenvalue weighted by atomic mass is 9.81. The van der Waals surface area contributed by atoms with Gasteiger partial charge in [0.25, 0.3) is 5.91 Å². The number of likely N-dealkylation sites (N-methyl/N-ethyl adjacent to an activating group) is 1. The molecule has 2 fully saturated rings. The molecule has 23 heavy (non-hydrogen) atoms. The predicted molar refractivity (Wildman–Crippen MR) is 82.3 cm³/mol. The molecule has 3 amide bonds. The van der Waals surface area contributed by atoms with E-state index in [1.54, 1.807) is 16.6 Å². The van der Waals surface area contributed by atoms with Crippen molar-refractivity contribution in [3.05, 3.63) is 5.82 Å². The van der Waals surface area contributed by atoms with Gasteiger partial charge in [-0.3, -0.25) is 9.69 Å². The number of carbonyl (C=O) groups is 2. The van der Waals surface area contributed by atoms with Crippen molar-refractivity contribution in [3.8, 4) is 0 Å². The molecular weight excluding hydrogens is 296 g/mol. The molecule has 1 spiro atoms. The molecule has 1 saturated heterocycles. The average Bonchev–Trinajstić information content (AvgIpc) is 3.08. The Balaban J connectivity index is 1.79. The minimum Gasteiger partial charge on any atom is -0.313 e. The normalized spacial score (nSPS) is 20.8. The number of urea groups is 1. The second-order valence-corrected chi connectivity index (χ2v) is 6.50. The molecule has 3 rings (SSSR count). The monoisotopic (exact) mass is 320 g/mol. The first-order valence-electron chi connectivity index (χ1n) is 8.45. The van der Waals surface area contributed by atoms with Crippen LogP contribution in [0.4, 0.5) is 4.79 Å². The molecule has 1 aromatic heterocycles. The standard InChI is InChI=1S/C15H24N6O2/c1-3-4-10-21-12(16-17-18-21)11-20-13(22)15(19(2)14(20)23)8-6-5-7-9-15/h3-11H2,1-2H3. The van der Waals surface area contributed by atoms with Crippen LogP contribution in [0.5, 0.6) is 0 Å². The fourth-order valence-corrected chi connectivity index (χ4v) is 3.63. The third-order valence-corrected chi connectivity index (χ3v) is 5.11. The van der Waals surface area contributed by atoms with Gasteiger partial charge in [0.2, 0.25) is 0 Å². The molecule has 0 aromatic carbocycles. The number of carbonyl (C=O) groups excluding carboxylic acids is 2. The summed E-state index contributed by atoms with van der Waals surface area (Å²) in [5, 5.41) is 11.6. The predicted octanol–water partition coefficient (Wildman–Crippen LogP) is 1.57. The first kappa shape index (κ1) is 15.9. The second kappa shape index (κ2) is 6.25. The van der Waals surface area contributed by atoms with E-state index < -0.39 is 5.54 Å². The molecule has 0 atom stereocenters. The molecule has 1 saturated carbocycles. The van der Waals surface area contributed by atoms with Gasteiger partial charge in [0, 0.05) is 13.6 Å². The van der Waals surface area contributed by atoms with Crippen molar-refractivity contribution in [3.63, 3.8) is 0 Å². The van der Waals surface area contributed by atoms with Crippen molar-refractivity contribution >= 4 is 11.9 Å². The van der Waals surface area contributed by atoms with E-state index in [2.05, 4.69) is 22.4 Å². The Morgan fingerprint density at radius 2 is 1.91 bits per heavy atom. The molecule has 126 valence electrons. The minimum absolute atomic E-state index is 0.0882. The summed E-state index contributed by atoms with van der Waals surface area (Å²) in [5.74, 6) is 0.483.